The summed E-state index contributed by atoms with van der Waals surface area (Å²) in [6.45, 7) is 0. The molecule has 0 bridgehead atoms. The Hall–Kier alpha value is -2.40. The van der Waals surface area contributed by atoms with Crippen LogP contribution in [0.4, 0.5) is 4.39 Å². The number of benzene rings is 2. The zero-order valence-electron chi connectivity index (χ0n) is 11.4. The van der Waals surface area contributed by atoms with Gasteiger partial charge in [0, 0.05) is 6.42 Å². The topological polar surface area (TPSA) is 66.4 Å². The van der Waals surface area contributed by atoms with Crippen molar-refractivity contribution in [2.45, 2.75) is 12.5 Å². The number of halogens is 2. The fourth-order valence-corrected chi connectivity index (χ4v) is 2.21. The Morgan fingerprint density at radius 1 is 1.18 bits per heavy atom. The molecule has 2 aromatic rings. The number of amides is 1. The maximum absolute atomic E-state index is 13.0. The number of hydrogen-bond acceptors (Lipinski definition) is 2. The molecular weight excluding hydrogens is 309 g/mol. The average Bonchev–Trinajstić information content (AvgIpc) is 2.47. The van der Waals surface area contributed by atoms with Crippen LogP contribution in [0.2, 0.25) is 5.02 Å². The molecular formula is C16H13ClFNO3. The van der Waals surface area contributed by atoms with E-state index in [0.29, 0.717) is 0 Å². The average molecular weight is 322 g/mol. The van der Waals surface area contributed by atoms with Gasteiger partial charge in [-0.25, -0.2) is 9.18 Å². The second kappa shape index (κ2) is 7.04. The third kappa shape index (κ3) is 4.05. The van der Waals surface area contributed by atoms with Crippen molar-refractivity contribution in [1.82, 2.24) is 5.32 Å². The van der Waals surface area contributed by atoms with Gasteiger partial charge < -0.3 is 10.4 Å². The first-order valence-electron chi connectivity index (χ1n) is 6.50. The van der Waals surface area contributed by atoms with E-state index in [4.69, 9.17) is 11.6 Å². The standard InChI is InChI=1S/C16H13ClFNO3/c17-13-9-11(18)6-7-12(13)15(20)19-14(16(21)22)8-10-4-2-1-3-5-10/h1-7,9,14H,8H2,(H,19,20)(H,21,22). The summed E-state index contributed by atoms with van der Waals surface area (Å²) in [4.78, 5) is 23.4. The lowest BCUT2D eigenvalue weighted by Gasteiger charge is -2.15. The lowest BCUT2D eigenvalue weighted by Crippen LogP contribution is -2.42. The number of nitrogens with one attached hydrogen (secondary N) is 1. The number of carbonyl (C=O) groups is 2. The van der Waals surface area contributed by atoms with E-state index in [1.807, 2.05) is 6.07 Å². The summed E-state index contributed by atoms with van der Waals surface area (Å²) in [5, 5.41) is 11.6. The van der Waals surface area contributed by atoms with Crippen LogP contribution in [0.3, 0.4) is 0 Å². The number of rotatable bonds is 5. The van der Waals surface area contributed by atoms with Crippen molar-refractivity contribution in [2.75, 3.05) is 0 Å². The monoisotopic (exact) mass is 321 g/mol. The molecule has 6 heteroatoms. The fraction of sp³-hybridized carbons (Fsp3) is 0.125. The van der Waals surface area contributed by atoms with E-state index in [2.05, 4.69) is 5.32 Å². The van der Waals surface area contributed by atoms with Crippen LogP contribution in [0.25, 0.3) is 0 Å². The van der Waals surface area contributed by atoms with E-state index >= 15 is 0 Å². The Labute approximate surface area is 131 Å². The molecule has 1 amide bonds. The van der Waals surface area contributed by atoms with Crippen molar-refractivity contribution in [2.24, 2.45) is 0 Å². The van der Waals surface area contributed by atoms with Crippen molar-refractivity contribution >= 4 is 23.5 Å². The summed E-state index contributed by atoms with van der Waals surface area (Å²) in [6.07, 6.45) is 0.140. The van der Waals surface area contributed by atoms with Crippen molar-refractivity contribution < 1.29 is 19.1 Å². The molecule has 0 spiro atoms. The second-order valence-electron chi connectivity index (χ2n) is 4.68. The maximum Gasteiger partial charge on any atom is 0.326 e. The molecule has 2 N–H and O–H groups in total. The molecule has 114 valence electrons. The molecule has 0 heterocycles. The Balaban J connectivity index is 2.14. The smallest absolute Gasteiger partial charge is 0.326 e. The zero-order chi connectivity index (χ0) is 16.1. The van der Waals surface area contributed by atoms with Crippen LogP contribution in [0, 0.1) is 5.82 Å². The quantitative estimate of drug-likeness (QED) is 0.890. The number of carboxylic acid groups (broad SMARTS) is 1. The Kier molecular flexibility index (Phi) is 5.12. The highest BCUT2D eigenvalue weighted by Gasteiger charge is 2.22. The molecule has 0 aliphatic heterocycles. The van der Waals surface area contributed by atoms with E-state index < -0.39 is 23.7 Å². The van der Waals surface area contributed by atoms with Crippen molar-refractivity contribution in [3.05, 3.63) is 70.5 Å². The van der Waals surface area contributed by atoms with Crippen LogP contribution < -0.4 is 5.32 Å². The van der Waals surface area contributed by atoms with Crippen molar-refractivity contribution in [3.8, 4) is 0 Å². The summed E-state index contributed by atoms with van der Waals surface area (Å²) in [6, 6.07) is 11.1. The van der Waals surface area contributed by atoms with Gasteiger partial charge in [0.25, 0.3) is 5.91 Å². The first kappa shape index (κ1) is 16.0. The minimum atomic E-state index is -1.16. The maximum atomic E-state index is 13.0. The van der Waals surface area contributed by atoms with Gasteiger partial charge in [0.1, 0.15) is 11.9 Å². The zero-order valence-corrected chi connectivity index (χ0v) is 12.2. The summed E-state index contributed by atoms with van der Waals surface area (Å²) in [5.74, 6) is -2.38. The summed E-state index contributed by atoms with van der Waals surface area (Å²) in [5.41, 5.74) is 0.808. The van der Waals surface area contributed by atoms with Crippen LogP contribution in [-0.2, 0) is 11.2 Å². The SMILES string of the molecule is O=C(NC(Cc1ccccc1)C(=O)O)c1ccc(F)cc1Cl. The highest BCUT2D eigenvalue weighted by molar-refractivity contribution is 6.33. The third-order valence-electron chi connectivity index (χ3n) is 3.06. The molecule has 4 nitrogen and oxygen atoms in total. The molecule has 22 heavy (non-hydrogen) atoms. The molecule has 2 rings (SSSR count). The molecule has 0 saturated heterocycles. The van der Waals surface area contributed by atoms with Gasteiger partial charge in [-0.2, -0.15) is 0 Å². The van der Waals surface area contributed by atoms with Crippen LogP contribution >= 0.6 is 11.6 Å². The van der Waals surface area contributed by atoms with Gasteiger partial charge in [-0.1, -0.05) is 41.9 Å². The van der Waals surface area contributed by atoms with E-state index in [9.17, 15) is 19.1 Å². The molecule has 2 aromatic carbocycles. The highest BCUT2D eigenvalue weighted by Crippen LogP contribution is 2.17. The van der Waals surface area contributed by atoms with Gasteiger partial charge in [0.05, 0.1) is 10.6 Å². The number of hydrogen-bond donors (Lipinski definition) is 2. The van der Waals surface area contributed by atoms with E-state index in [1.54, 1.807) is 24.3 Å². The number of carbonyl (C=O) groups excluding carboxylic acids is 1. The molecule has 0 aromatic heterocycles. The normalized spacial score (nSPS) is 11.7. The summed E-state index contributed by atoms with van der Waals surface area (Å²) in [7, 11) is 0. The van der Waals surface area contributed by atoms with Crippen molar-refractivity contribution in [1.29, 1.82) is 0 Å². The first-order valence-corrected chi connectivity index (χ1v) is 6.88. The van der Waals surface area contributed by atoms with Gasteiger partial charge in [-0.15, -0.1) is 0 Å². The highest BCUT2D eigenvalue weighted by atomic mass is 35.5. The number of aliphatic carboxylic acids is 1. The Bertz CT molecular complexity index is 691. The molecule has 1 unspecified atom stereocenters. The van der Waals surface area contributed by atoms with E-state index in [1.165, 1.54) is 6.07 Å². The minimum absolute atomic E-state index is 0.0300. The van der Waals surface area contributed by atoms with Gasteiger partial charge in [-0.3, -0.25) is 4.79 Å². The molecule has 0 fully saturated rings. The predicted molar refractivity (Wildman–Crippen MR) is 80.4 cm³/mol. The van der Waals surface area contributed by atoms with Crippen molar-refractivity contribution in [3.63, 3.8) is 0 Å². The first-order chi connectivity index (χ1) is 10.5. The lowest BCUT2D eigenvalue weighted by molar-refractivity contribution is -0.139. The summed E-state index contributed by atoms with van der Waals surface area (Å²) >= 11 is 5.80. The molecule has 0 saturated carbocycles. The van der Waals surface area contributed by atoms with Gasteiger partial charge in [0.15, 0.2) is 0 Å². The molecule has 1 atom stereocenters. The van der Waals surface area contributed by atoms with E-state index in [-0.39, 0.29) is 17.0 Å². The molecule has 0 aliphatic rings. The molecule has 0 aliphatic carbocycles. The van der Waals surface area contributed by atoms with E-state index in [0.717, 1.165) is 17.7 Å². The third-order valence-corrected chi connectivity index (χ3v) is 3.37. The van der Waals surface area contributed by atoms with Gasteiger partial charge in [-0.05, 0) is 23.8 Å². The van der Waals surface area contributed by atoms with Crippen LogP contribution in [0.5, 0.6) is 0 Å². The lowest BCUT2D eigenvalue weighted by atomic mass is 10.1. The predicted octanol–water partition coefficient (Wildman–Crippen LogP) is 2.90. The number of carboxylic acids is 1. The molecule has 0 radical (unpaired) electrons. The second-order valence-corrected chi connectivity index (χ2v) is 5.09. The largest absolute Gasteiger partial charge is 0.480 e. The van der Waals surface area contributed by atoms with Gasteiger partial charge in [0.2, 0.25) is 0 Å². The fourth-order valence-electron chi connectivity index (χ4n) is 1.96. The van der Waals surface area contributed by atoms with Crippen LogP contribution in [0.15, 0.2) is 48.5 Å². The summed E-state index contributed by atoms with van der Waals surface area (Å²) < 4.78 is 13.0. The Morgan fingerprint density at radius 3 is 2.45 bits per heavy atom. The van der Waals surface area contributed by atoms with Crippen LogP contribution in [0.1, 0.15) is 15.9 Å². The van der Waals surface area contributed by atoms with Crippen LogP contribution in [-0.4, -0.2) is 23.0 Å². The Morgan fingerprint density at radius 2 is 1.86 bits per heavy atom. The van der Waals surface area contributed by atoms with Gasteiger partial charge >= 0.3 is 5.97 Å². The minimum Gasteiger partial charge on any atom is -0.480 e.